The maximum absolute atomic E-state index is 11.1. The Labute approximate surface area is 133 Å². The van der Waals surface area contributed by atoms with Crippen molar-refractivity contribution in [3.05, 3.63) is 35.4 Å². The van der Waals surface area contributed by atoms with Crippen molar-refractivity contribution in [2.75, 3.05) is 13.1 Å². The second kappa shape index (κ2) is 6.82. The van der Waals surface area contributed by atoms with Gasteiger partial charge in [-0.2, -0.15) is 0 Å². The second-order valence-electron chi connectivity index (χ2n) is 7.01. The zero-order chi connectivity index (χ0) is 15.5. The normalized spacial score (nSPS) is 27.7. The van der Waals surface area contributed by atoms with Gasteiger partial charge in [0.05, 0.1) is 5.92 Å². The lowest BCUT2D eigenvalue weighted by molar-refractivity contribution is -0.143. The standard InChI is InChI=1S/C19H27NO2/c1-14-4-2-3-5-18(14)15-6-8-17(9-7-15)20-12-10-16(11-13-20)19(21)22/h2-5,15-17H,6-13H2,1H3,(H,21,22). The summed E-state index contributed by atoms with van der Waals surface area (Å²) in [5, 5.41) is 9.10. The lowest BCUT2D eigenvalue weighted by Gasteiger charge is -2.40. The van der Waals surface area contributed by atoms with Crippen molar-refractivity contribution >= 4 is 5.97 Å². The number of nitrogens with zero attached hydrogens (tertiary/aromatic N) is 1. The van der Waals surface area contributed by atoms with E-state index < -0.39 is 5.97 Å². The minimum atomic E-state index is -0.608. The molecule has 1 aromatic rings. The molecule has 2 fully saturated rings. The molecule has 3 heteroatoms. The molecule has 120 valence electrons. The molecule has 1 saturated heterocycles. The van der Waals surface area contributed by atoms with Crippen LogP contribution in [-0.2, 0) is 4.79 Å². The fourth-order valence-corrected chi connectivity index (χ4v) is 4.31. The van der Waals surface area contributed by atoms with Crippen LogP contribution in [0, 0.1) is 12.8 Å². The molecule has 0 spiro atoms. The number of carboxylic acid groups (broad SMARTS) is 1. The molecule has 3 rings (SSSR count). The van der Waals surface area contributed by atoms with Crippen molar-refractivity contribution in [2.45, 2.75) is 57.4 Å². The molecule has 0 aromatic heterocycles. The van der Waals surface area contributed by atoms with Crippen LogP contribution in [0.2, 0.25) is 0 Å². The number of hydrogen-bond donors (Lipinski definition) is 1. The Balaban J connectivity index is 1.52. The molecular weight excluding hydrogens is 274 g/mol. The predicted molar refractivity (Wildman–Crippen MR) is 88.1 cm³/mol. The number of aliphatic carboxylic acids is 1. The summed E-state index contributed by atoms with van der Waals surface area (Å²) < 4.78 is 0. The maximum atomic E-state index is 11.1. The van der Waals surface area contributed by atoms with Gasteiger partial charge in [0.2, 0.25) is 0 Å². The molecule has 0 amide bonds. The molecular formula is C19H27NO2. The van der Waals surface area contributed by atoms with Gasteiger partial charge in [-0.05, 0) is 75.6 Å². The number of likely N-dealkylation sites (tertiary alicyclic amines) is 1. The minimum Gasteiger partial charge on any atom is -0.481 e. The van der Waals surface area contributed by atoms with Crippen molar-refractivity contribution in [1.82, 2.24) is 4.90 Å². The summed E-state index contributed by atoms with van der Waals surface area (Å²) in [4.78, 5) is 13.6. The van der Waals surface area contributed by atoms with Crippen LogP contribution in [0.4, 0.5) is 0 Å². The quantitative estimate of drug-likeness (QED) is 0.922. The Morgan fingerprint density at radius 2 is 1.68 bits per heavy atom. The smallest absolute Gasteiger partial charge is 0.306 e. The van der Waals surface area contributed by atoms with Crippen molar-refractivity contribution in [3.63, 3.8) is 0 Å². The number of carboxylic acids is 1. The summed E-state index contributed by atoms with van der Waals surface area (Å²) in [5.41, 5.74) is 2.96. The molecule has 1 saturated carbocycles. The molecule has 3 nitrogen and oxygen atoms in total. The van der Waals surface area contributed by atoms with E-state index in [1.807, 2.05) is 0 Å². The van der Waals surface area contributed by atoms with Gasteiger partial charge in [0.25, 0.3) is 0 Å². The molecule has 1 aliphatic carbocycles. The Bertz CT molecular complexity index is 512. The highest BCUT2D eigenvalue weighted by atomic mass is 16.4. The summed E-state index contributed by atoms with van der Waals surface area (Å²) in [5.74, 6) is -0.00326. The number of aryl methyl sites for hydroxylation is 1. The third-order valence-electron chi connectivity index (χ3n) is 5.72. The van der Waals surface area contributed by atoms with Gasteiger partial charge in [0.15, 0.2) is 0 Å². The Hall–Kier alpha value is -1.35. The number of carbonyl (C=O) groups is 1. The van der Waals surface area contributed by atoms with Crippen LogP contribution in [0.1, 0.15) is 55.6 Å². The predicted octanol–water partition coefficient (Wildman–Crippen LogP) is 3.82. The van der Waals surface area contributed by atoms with E-state index in [9.17, 15) is 4.79 Å². The minimum absolute atomic E-state index is 0.112. The van der Waals surface area contributed by atoms with E-state index in [0.717, 1.165) is 25.9 Å². The third-order valence-corrected chi connectivity index (χ3v) is 5.72. The number of benzene rings is 1. The van der Waals surface area contributed by atoms with Crippen LogP contribution in [0.5, 0.6) is 0 Å². The summed E-state index contributed by atoms with van der Waals surface area (Å²) in [7, 11) is 0. The Morgan fingerprint density at radius 3 is 2.27 bits per heavy atom. The molecule has 0 unspecified atom stereocenters. The van der Waals surface area contributed by atoms with Crippen LogP contribution in [0.25, 0.3) is 0 Å². The third kappa shape index (κ3) is 3.35. The van der Waals surface area contributed by atoms with E-state index in [1.54, 1.807) is 0 Å². The van der Waals surface area contributed by atoms with Crippen molar-refractivity contribution in [2.24, 2.45) is 5.92 Å². The second-order valence-corrected chi connectivity index (χ2v) is 7.01. The zero-order valence-corrected chi connectivity index (χ0v) is 13.5. The van der Waals surface area contributed by atoms with Gasteiger partial charge in [-0.1, -0.05) is 24.3 Å². The van der Waals surface area contributed by atoms with Crippen LogP contribution >= 0.6 is 0 Å². The molecule has 0 bridgehead atoms. The molecule has 0 atom stereocenters. The molecule has 1 heterocycles. The van der Waals surface area contributed by atoms with Crippen LogP contribution in [0.15, 0.2) is 24.3 Å². The molecule has 1 aromatic carbocycles. The van der Waals surface area contributed by atoms with Gasteiger partial charge in [-0.25, -0.2) is 0 Å². The van der Waals surface area contributed by atoms with Gasteiger partial charge in [0.1, 0.15) is 0 Å². The summed E-state index contributed by atoms with van der Waals surface area (Å²) >= 11 is 0. The van der Waals surface area contributed by atoms with E-state index in [1.165, 1.54) is 36.8 Å². The first-order chi connectivity index (χ1) is 10.6. The van der Waals surface area contributed by atoms with Crippen molar-refractivity contribution in [3.8, 4) is 0 Å². The lowest BCUT2D eigenvalue weighted by atomic mass is 9.79. The first-order valence-corrected chi connectivity index (χ1v) is 8.67. The Kier molecular flexibility index (Phi) is 4.82. The highest BCUT2D eigenvalue weighted by Crippen LogP contribution is 2.37. The molecule has 0 radical (unpaired) electrons. The average Bonchev–Trinajstić information content (AvgIpc) is 2.56. The number of rotatable bonds is 3. The average molecular weight is 301 g/mol. The van der Waals surface area contributed by atoms with E-state index in [-0.39, 0.29) is 5.92 Å². The van der Waals surface area contributed by atoms with E-state index in [2.05, 4.69) is 36.1 Å². The van der Waals surface area contributed by atoms with Crippen LogP contribution in [0.3, 0.4) is 0 Å². The van der Waals surface area contributed by atoms with Gasteiger partial charge < -0.3 is 10.0 Å². The van der Waals surface area contributed by atoms with Crippen molar-refractivity contribution < 1.29 is 9.90 Å². The van der Waals surface area contributed by atoms with E-state index >= 15 is 0 Å². The first kappa shape index (κ1) is 15.5. The molecule has 1 aliphatic heterocycles. The Morgan fingerprint density at radius 1 is 1.05 bits per heavy atom. The number of piperidine rings is 1. The highest BCUT2D eigenvalue weighted by Gasteiger charge is 2.31. The number of hydrogen-bond acceptors (Lipinski definition) is 2. The summed E-state index contributed by atoms with van der Waals surface area (Å²) in [6, 6.07) is 9.47. The van der Waals surface area contributed by atoms with E-state index in [4.69, 9.17) is 5.11 Å². The topological polar surface area (TPSA) is 40.5 Å². The zero-order valence-electron chi connectivity index (χ0n) is 13.5. The van der Waals surface area contributed by atoms with Crippen LogP contribution in [-0.4, -0.2) is 35.1 Å². The van der Waals surface area contributed by atoms with Crippen molar-refractivity contribution in [1.29, 1.82) is 0 Å². The molecule has 22 heavy (non-hydrogen) atoms. The maximum Gasteiger partial charge on any atom is 0.306 e. The van der Waals surface area contributed by atoms with Gasteiger partial charge in [-0.15, -0.1) is 0 Å². The molecule has 1 N–H and O–H groups in total. The first-order valence-electron chi connectivity index (χ1n) is 8.67. The molecule has 2 aliphatic rings. The van der Waals surface area contributed by atoms with E-state index in [0.29, 0.717) is 12.0 Å². The van der Waals surface area contributed by atoms with Gasteiger partial charge in [0, 0.05) is 6.04 Å². The largest absolute Gasteiger partial charge is 0.481 e. The van der Waals surface area contributed by atoms with Crippen LogP contribution < -0.4 is 0 Å². The fraction of sp³-hybridized carbons (Fsp3) is 0.632. The van der Waals surface area contributed by atoms with Gasteiger partial charge in [-0.3, -0.25) is 4.79 Å². The highest BCUT2D eigenvalue weighted by molar-refractivity contribution is 5.70. The summed E-state index contributed by atoms with van der Waals surface area (Å²) in [6.07, 6.45) is 6.72. The fourth-order valence-electron chi connectivity index (χ4n) is 4.31. The van der Waals surface area contributed by atoms with Gasteiger partial charge >= 0.3 is 5.97 Å². The lowest BCUT2D eigenvalue weighted by Crippen LogP contribution is -2.44. The SMILES string of the molecule is Cc1ccccc1C1CCC(N2CCC(C(=O)O)CC2)CC1. The monoisotopic (exact) mass is 301 g/mol. The summed E-state index contributed by atoms with van der Waals surface area (Å²) in [6.45, 7) is 4.16.